The number of carbonyl (C=O) groups excluding carboxylic acids is 2. The van der Waals surface area contributed by atoms with Gasteiger partial charge in [-0.1, -0.05) is 49.0 Å². The summed E-state index contributed by atoms with van der Waals surface area (Å²) in [5.74, 6) is -3.01. The van der Waals surface area contributed by atoms with Crippen molar-refractivity contribution in [3.05, 3.63) is 35.9 Å². The van der Waals surface area contributed by atoms with Crippen molar-refractivity contribution in [3.8, 4) is 0 Å². The fraction of sp³-hybridized carbons (Fsp3) is 0.444. The molecule has 0 aromatic heterocycles. The Morgan fingerprint density at radius 2 is 1.69 bits per heavy atom. The van der Waals surface area contributed by atoms with E-state index < -0.39 is 30.2 Å². The summed E-state index contributed by atoms with van der Waals surface area (Å²) in [4.78, 5) is 42.1. The summed E-state index contributed by atoms with van der Waals surface area (Å²) >= 11 is 1.07. The van der Waals surface area contributed by atoms with Crippen LogP contribution in [0.25, 0.3) is 0 Å². The smallest absolute Gasteiger partial charge is 0.317 e. The molecule has 0 saturated heterocycles. The van der Waals surface area contributed by atoms with Gasteiger partial charge in [0.2, 0.25) is 0 Å². The normalized spacial score (nSPS) is 12.1. The molecule has 0 fully saturated rings. The number of rotatable bonds is 8. The quantitative estimate of drug-likeness (QED) is 0.519. The monoisotopic (exact) mass is 384 g/mol. The molecule has 1 rings (SSSR count). The van der Waals surface area contributed by atoms with E-state index in [2.05, 4.69) is 4.74 Å². The lowest BCUT2D eigenvalue weighted by Crippen LogP contribution is -2.23. The second kappa shape index (κ2) is 12.9. The van der Waals surface area contributed by atoms with Crippen LogP contribution in [0.3, 0.4) is 0 Å². The van der Waals surface area contributed by atoms with Gasteiger partial charge in [0.1, 0.15) is 6.42 Å². The Morgan fingerprint density at radius 3 is 2.12 bits per heavy atom. The molecule has 26 heavy (non-hydrogen) atoms. The molecule has 0 heterocycles. The Labute approximate surface area is 156 Å². The number of hydrogen-bond donors (Lipinski definition) is 2. The molecule has 1 aromatic rings. The minimum absolute atomic E-state index is 0.0449. The van der Waals surface area contributed by atoms with E-state index in [1.165, 1.54) is 6.92 Å². The first kappa shape index (κ1) is 23.6. The number of benzene rings is 1. The van der Waals surface area contributed by atoms with Crippen molar-refractivity contribution in [2.75, 3.05) is 12.4 Å². The maximum absolute atomic E-state index is 11.2. The van der Waals surface area contributed by atoms with Crippen LogP contribution in [-0.2, 0) is 23.9 Å². The number of ether oxygens (including phenoxy) is 1. The SMILES string of the molecule is CC(=O)SCC(C(=O)O)C(C)c1ccccc1.CCOC(=O)CC(=O)O. The van der Waals surface area contributed by atoms with Gasteiger partial charge in [-0.05, 0) is 18.4 Å². The fourth-order valence-corrected chi connectivity index (χ4v) is 2.81. The first-order valence-electron chi connectivity index (χ1n) is 7.97. The van der Waals surface area contributed by atoms with E-state index in [4.69, 9.17) is 5.11 Å². The maximum atomic E-state index is 11.2. The predicted molar refractivity (Wildman–Crippen MR) is 98.0 cm³/mol. The van der Waals surface area contributed by atoms with Crippen LogP contribution < -0.4 is 0 Å². The molecule has 0 spiro atoms. The van der Waals surface area contributed by atoms with E-state index in [1.807, 2.05) is 37.3 Å². The number of carboxylic acids is 2. The highest BCUT2D eigenvalue weighted by Crippen LogP contribution is 2.27. The predicted octanol–water partition coefficient (Wildman–Crippen LogP) is 2.79. The van der Waals surface area contributed by atoms with Crippen molar-refractivity contribution < 1.29 is 34.1 Å². The molecule has 144 valence electrons. The van der Waals surface area contributed by atoms with E-state index in [0.29, 0.717) is 5.75 Å². The number of carboxylic acid groups (broad SMARTS) is 2. The number of esters is 1. The summed E-state index contributed by atoms with van der Waals surface area (Å²) in [5, 5.41) is 17.2. The first-order valence-corrected chi connectivity index (χ1v) is 8.96. The second-order valence-electron chi connectivity index (χ2n) is 5.32. The van der Waals surface area contributed by atoms with Crippen LogP contribution in [0.4, 0.5) is 0 Å². The molecule has 0 amide bonds. The highest BCUT2D eigenvalue weighted by Gasteiger charge is 2.26. The average Bonchev–Trinajstić information content (AvgIpc) is 2.55. The van der Waals surface area contributed by atoms with Crippen molar-refractivity contribution in [2.24, 2.45) is 5.92 Å². The summed E-state index contributed by atoms with van der Waals surface area (Å²) < 4.78 is 4.33. The highest BCUT2D eigenvalue weighted by atomic mass is 32.2. The standard InChI is InChI=1S/C13H16O3S.C5H8O4/c1-9(11-6-4-3-5-7-11)12(13(15)16)8-17-10(2)14;1-2-9-5(8)3-4(6)7/h3-7,9,12H,8H2,1-2H3,(H,15,16);2-3H2,1H3,(H,6,7). The van der Waals surface area contributed by atoms with Crippen LogP contribution in [-0.4, -0.2) is 45.6 Å². The molecule has 7 nitrogen and oxygen atoms in total. The molecular weight excluding hydrogens is 360 g/mol. The molecule has 0 aliphatic carbocycles. The third-order valence-electron chi connectivity index (χ3n) is 3.31. The van der Waals surface area contributed by atoms with Gasteiger partial charge in [0, 0.05) is 12.7 Å². The molecule has 2 N–H and O–H groups in total. The lowest BCUT2D eigenvalue weighted by molar-refractivity contribution is -0.151. The van der Waals surface area contributed by atoms with Gasteiger partial charge in [-0.2, -0.15) is 0 Å². The maximum Gasteiger partial charge on any atom is 0.317 e. The third kappa shape index (κ3) is 10.5. The molecule has 0 aliphatic rings. The van der Waals surface area contributed by atoms with Gasteiger partial charge in [0.15, 0.2) is 5.12 Å². The Kier molecular flexibility index (Phi) is 11.8. The van der Waals surface area contributed by atoms with Crippen molar-refractivity contribution in [3.63, 3.8) is 0 Å². The van der Waals surface area contributed by atoms with Gasteiger partial charge < -0.3 is 14.9 Å². The van der Waals surface area contributed by atoms with Gasteiger partial charge in [-0.15, -0.1) is 0 Å². The van der Waals surface area contributed by atoms with Crippen LogP contribution in [0.5, 0.6) is 0 Å². The minimum Gasteiger partial charge on any atom is -0.481 e. The zero-order valence-corrected chi connectivity index (χ0v) is 15.8. The topological polar surface area (TPSA) is 118 Å². The van der Waals surface area contributed by atoms with Crippen LogP contribution in [0.1, 0.15) is 38.7 Å². The molecule has 1 aromatic carbocycles. The Morgan fingerprint density at radius 1 is 1.12 bits per heavy atom. The molecule has 0 radical (unpaired) electrons. The average molecular weight is 384 g/mol. The van der Waals surface area contributed by atoms with Crippen LogP contribution in [0, 0.1) is 5.92 Å². The summed E-state index contributed by atoms with van der Waals surface area (Å²) in [6.07, 6.45) is -0.548. The van der Waals surface area contributed by atoms with Crippen molar-refractivity contribution in [1.29, 1.82) is 0 Å². The van der Waals surface area contributed by atoms with E-state index in [1.54, 1.807) is 6.92 Å². The summed E-state index contributed by atoms with van der Waals surface area (Å²) in [6, 6.07) is 9.51. The first-order chi connectivity index (χ1) is 12.2. The molecule has 0 aliphatic heterocycles. The highest BCUT2D eigenvalue weighted by molar-refractivity contribution is 8.13. The summed E-state index contributed by atoms with van der Waals surface area (Å²) in [7, 11) is 0. The number of aliphatic carboxylic acids is 2. The summed E-state index contributed by atoms with van der Waals surface area (Å²) in [6.45, 7) is 5.19. The third-order valence-corrected chi connectivity index (χ3v) is 4.25. The molecule has 8 heteroatoms. The minimum atomic E-state index is -1.16. The fourth-order valence-electron chi connectivity index (χ4n) is 1.96. The van der Waals surface area contributed by atoms with Gasteiger partial charge in [0.25, 0.3) is 0 Å². The van der Waals surface area contributed by atoms with Gasteiger partial charge >= 0.3 is 17.9 Å². The van der Waals surface area contributed by atoms with Crippen LogP contribution >= 0.6 is 11.8 Å². The molecular formula is C18H24O7S. The van der Waals surface area contributed by atoms with Crippen LogP contribution in [0.2, 0.25) is 0 Å². The Hall–Kier alpha value is -2.35. The summed E-state index contributed by atoms with van der Waals surface area (Å²) in [5.41, 5.74) is 0.990. The van der Waals surface area contributed by atoms with Gasteiger partial charge in [-0.25, -0.2) is 0 Å². The largest absolute Gasteiger partial charge is 0.481 e. The molecule has 2 unspecified atom stereocenters. The van der Waals surface area contributed by atoms with Gasteiger partial charge in [-0.3, -0.25) is 19.2 Å². The Bertz CT molecular complexity index is 601. The number of thioether (sulfide) groups is 1. The molecule has 2 atom stereocenters. The lowest BCUT2D eigenvalue weighted by atomic mass is 9.89. The van der Waals surface area contributed by atoms with E-state index in [-0.39, 0.29) is 17.6 Å². The van der Waals surface area contributed by atoms with E-state index in [9.17, 15) is 24.3 Å². The van der Waals surface area contributed by atoms with E-state index >= 15 is 0 Å². The zero-order chi connectivity index (χ0) is 20.1. The lowest BCUT2D eigenvalue weighted by Gasteiger charge is -2.19. The van der Waals surface area contributed by atoms with Crippen LogP contribution in [0.15, 0.2) is 30.3 Å². The van der Waals surface area contributed by atoms with E-state index in [0.717, 1.165) is 17.3 Å². The van der Waals surface area contributed by atoms with Gasteiger partial charge in [0.05, 0.1) is 12.5 Å². The van der Waals surface area contributed by atoms with Crippen molar-refractivity contribution in [2.45, 2.75) is 33.1 Å². The number of hydrogen-bond acceptors (Lipinski definition) is 6. The Balaban J connectivity index is 0.000000590. The molecule has 0 bridgehead atoms. The zero-order valence-electron chi connectivity index (χ0n) is 15.0. The van der Waals surface area contributed by atoms with Crippen molar-refractivity contribution >= 4 is 34.8 Å². The number of carbonyl (C=O) groups is 4. The van der Waals surface area contributed by atoms with Crippen molar-refractivity contribution in [1.82, 2.24) is 0 Å². The second-order valence-corrected chi connectivity index (χ2v) is 6.52. The molecule has 0 saturated carbocycles.